The minimum absolute atomic E-state index is 0.531. The molecule has 0 atom stereocenters. The summed E-state index contributed by atoms with van der Waals surface area (Å²) in [6, 6.07) is 8.68. The van der Waals surface area contributed by atoms with Gasteiger partial charge in [0.1, 0.15) is 17.2 Å². The van der Waals surface area contributed by atoms with E-state index in [0.29, 0.717) is 12.0 Å². The van der Waals surface area contributed by atoms with Crippen molar-refractivity contribution in [2.75, 3.05) is 17.2 Å². The third kappa shape index (κ3) is 2.35. The first kappa shape index (κ1) is 13.7. The molecule has 3 heterocycles. The minimum Gasteiger partial charge on any atom is -0.493 e. The van der Waals surface area contributed by atoms with Crippen molar-refractivity contribution in [2.45, 2.75) is 31.7 Å². The zero-order chi connectivity index (χ0) is 15.9. The fourth-order valence-corrected chi connectivity index (χ4v) is 3.25. The second-order valence-electron chi connectivity index (χ2n) is 6.45. The molecule has 0 saturated heterocycles. The van der Waals surface area contributed by atoms with Gasteiger partial charge in [-0.2, -0.15) is 9.97 Å². The van der Waals surface area contributed by atoms with Crippen LogP contribution in [-0.4, -0.2) is 27.6 Å². The van der Waals surface area contributed by atoms with E-state index in [1.165, 1.54) is 24.8 Å². The second kappa shape index (κ2) is 5.40. The molecule has 6 heteroatoms. The highest BCUT2D eigenvalue weighted by Gasteiger charge is 2.20. The zero-order valence-electron chi connectivity index (χ0n) is 13.3. The number of rotatable bonds is 4. The molecule has 1 aliphatic heterocycles. The Morgan fingerprint density at radius 1 is 1.17 bits per heavy atom. The van der Waals surface area contributed by atoms with E-state index in [1.54, 1.807) is 0 Å². The van der Waals surface area contributed by atoms with Crippen molar-refractivity contribution in [2.24, 2.45) is 0 Å². The molecule has 0 bridgehead atoms. The lowest BCUT2D eigenvalue weighted by Gasteiger charge is -2.27. The number of hydrogen-bond acceptors (Lipinski definition) is 5. The van der Waals surface area contributed by atoms with E-state index in [9.17, 15) is 0 Å². The minimum atomic E-state index is 0.531. The Labute approximate surface area is 139 Å². The average Bonchev–Trinajstić information content (AvgIpc) is 3.18. The first-order valence-corrected chi connectivity index (χ1v) is 8.49. The van der Waals surface area contributed by atoms with Gasteiger partial charge in [0.25, 0.3) is 0 Å². The van der Waals surface area contributed by atoms with E-state index < -0.39 is 0 Å². The predicted octanol–water partition coefficient (Wildman–Crippen LogP) is 3.60. The van der Waals surface area contributed by atoms with Gasteiger partial charge in [-0.3, -0.25) is 0 Å². The zero-order valence-corrected chi connectivity index (χ0v) is 13.3. The summed E-state index contributed by atoms with van der Waals surface area (Å²) in [5.74, 6) is 2.48. The number of fused-ring (bicyclic) bond motifs is 2. The van der Waals surface area contributed by atoms with Crippen molar-refractivity contribution in [3.63, 3.8) is 0 Å². The van der Waals surface area contributed by atoms with E-state index in [4.69, 9.17) is 9.72 Å². The van der Waals surface area contributed by atoms with E-state index in [0.717, 1.165) is 41.3 Å². The molecule has 1 saturated carbocycles. The van der Waals surface area contributed by atoms with Gasteiger partial charge in [0.15, 0.2) is 0 Å². The van der Waals surface area contributed by atoms with Gasteiger partial charge >= 0.3 is 0 Å². The maximum atomic E-state index is 5.56. The third-order valence-corrected chi connectivity index (χ3v) is 4.81. The molecular weight excluding hydrogens is 302 g/mol. The van der Waals surface area contributed by atoms with E-state index in [-0.39, 0.29) is 0 Å². The first-order valence-electron chi connectivity index (χ1n) is 8.49. The van der Waals surface area contributed by atoms with E-state index in [2.05, 4.69) is 26.7 Å². The molecule has 5 rings (SSSR count). The van der Waals surface area contributed by atoms with Crippen LogP contribution in [0.5, 0.6) is 5.75 Å². The summed E-state index contributed by atoms with van der Waals surface area (Å²) < 4.78 is 5.56. The topological polar surface area (TPSA) is 74.9 Å². The van der Waals surface area contributed by atoms with Crippen LogP contribution in [0.25, 0.3) is 11.0 Å². The maximum absolute atomic E-state index is 5.56. The third-order valence-electron chi connectivity index (χ3n) is 4.81. The van der Waals surface area contributed by atoms with Crippen molar-refractivity contribution in [3.05, 3.63) is 36.0 Å². The Balaban J connectivity index is 1.47. The van der Waals surface area contributed by atoms with Gasteiger partial charge in [-0.25, -0.2) is 0 Å². The molecule has 3 aromatic rings. The van der Waals surface area contributed by atoms with Gasteiger partial charge in [-0.15, -0.1) is 0 Å². The second-order valence-corrected chi connectivity index (χ2v) is 6.45. The summed E-state index contributed by atoms with van der Waals surface area (Å²) in [5.41, 5.74) is 3.06. The number of H-pyrrole nitrogens is 1. The smallest absolute Gasteiger partial charge is 0.231 e. The van der Waals surface area contributed by atoms with Gasteiger partial charge in [-0.05, 0) is 49.1 Å². The standard InChI is InChI=1S/C18H19N5O/c1-2-12(3-1)20-17-14-6-8-19-16(14)22-18(23-17)21-13-4-5-15-11(10-13)7-9-24-15/h4-6,8,10,12H,1-3,7,9H2,(H3,19,20,21,22,23). The lowest BCUT2D eigenvalue weighted by Crippen LogP contribution is -2.27. The number of hydrogen-bond donors (Lipinski definition) is 3. The summed E-state index contributed by atoms with van der Waals surface area (Å²) >= 11 is 0. The van der Waals surface area contributed by atoms with Crippen LogP contribution >= 0.6 is 0 Å². The summed E-state index contributed by atoms with van der Waals surface area (Å²) in [5, 5.41) is 7.91. The van der Waals surface area contributed by atoms with Crippen LogP contribution < -0.4 is 15.4 Å². The number of aromatic amines is 1. The Morgan fingerprint density at radius 3 is 3.00 bits per heavy atom. The van der Waals surface area contributed by atoms with Crippen molar-refractivity contribution in [3.8, 4) is 5.75 Å². The molecule has 3 N–H and O–H groups in total. The normalized spacial score (nSPS) is 16.5. The summed E-state index contributed by atoms with van der Waals surface area (Å²) in [7, 11) is 0. The molecule has 1 aliphatic carbocycles. The SMILES string of the molecule is c1cc2c(NC3CCC3)nc(Nc3ccc4c(c3)CCO4)nc2[nH]1. The number of aromatic nitrogens is 3. The van der Waals surface area contributed by atoms with Crippen LogP contribution in [0, 0.1) is 0 Å². The summed E-state index contributed by atoms with van der Waals surface area (Å²) in [6.45, 7) is 0.763. The lowest BCUT2D eigenvalue weighted by molar-refractivity contribution is 0.357. The van der Waals surface area contributed by atoms with Crippen LogP contribution in [0.4, 0.5) is 17.5 Å². The number of nitrogens with one attached hydrogen (secondary N) is 3. The number of anilines is 3. The highest BCUT2D eigenvalue weighted by molar-refractivity contribution is 5.88. The van der Waals surface area contributed by atoms with Crippen molar-refractivity contribution in [1.29, 1.82) is 0 Å². The van der Waals surface area contributed by atoms with Gasteiger partial charge in [0, 0.05) is 24.3 Å². The number of ether oxygens (including phenoxy) is 1. The first-order chi connectivity index (χ1) is 11.8. The molecule has 1 fully saturated rings. The predicted molar refractivity (Wildman–Crippen MR) is 94.1 cm³/mol. The molecule has 122 valence electrons. The summed E-state index contributed by atoms with van der Waals surface area (Å²) in [6.07, 6.45) is 6.58. The Hall–Kier alpha value is -2.76. The molecule has 2 aliphatic rings. The highest BCUT2D eigenvalue weighted by atomic mass is 16.5. The van der Waals surface area contributed by atoms with Crippen molar-refractivity contribution < 1.29 is 4.74 Å². The van der Waals surface area contributed by atoms with Crippen molar-refractivity contribution in [1.82, 2.24) is 15.0 Å². The van der Waals surface area contributed by atoms with E-state index >= 15 is 0 Å². The maximum Gasteiger partial charge on any atom is 0.231 e. The largest absolute Gasteiger partial charge is 0.493 e. The van der Waals surface area contributed by atoms with Gasteiger partial charge in [-0.1, -0.05) is 0 Å². The molecule has 2 aromatic heterocycles. The highest BCUT2D eigenvalue weighted by Crippen LogP contribution is 2.30. The number of benzene rings is 1. The Bertz CT molecular complexity index is 900. The van der Waals surface area contributed by atoms with Gasteiger partial charge in [0.05, 0.1) is 12.0 Å². The quantitative estimate of drug-likeness (QED) is 0.684. The van der Waals surface area contributed by atoms with E-state index in [1.807, 2.05) is 24.4 Å². The van der Waals surface area contributed by atoms with Crippen LogP contribution in [-0.2, 0) is 6.42 Å². The molecule has 1 aromatic carbocycles. The number of nitrogens with zero attached hydrogens (tertiary/aromatic N) is 2. The average molecular weight is 321 g/mol. The molecule has 6 nitrogen and oxygen atoms in total. The molecular formula is C18H19N5O. The fraction of sp³-hybridized carbons (Fsp3) is 0.333. The van der Waals surface area contributed by atoms with Crippen LogP contribution in [0.15, 0.2) is 30.5 Å². The molecule has 0 spiro atoms. The molecule has 0 unspecified atom stereocenters. The van der Waals surface area contributed by atoms with Gasteiger partial charge in [0.2, 0.25) is 5.95 Å². The molecule has 0 radical (unpaired) electrons. The van der Waals surface area contributed by atoms with Crippen LogP contribution in [0.3, 0.4) is 0 Å². The monoisotopic (exact) mass is 321 g/mol. The molecule has 24 heavy (non-hydrogen) atoms. The lowest BCUT2D eigenvalue weighted by atomic mass is 9.93. The van der Waals surface area contributed by atoms with Gasteiger partial charge < -0.3 is 20.4 Å². The molecule has 0 amide bonds. The van der Waals surface area contributed by atoms with Crippen LogP contribution in [0.1, 0.15) is 24.8 Å². The Morgan fingerprint density at radius 2 is 2.12 bits per heavy atom. The Kier molecular flexibility index (Phi) is 3.07. The van der Waals surface area contributed by atoms with Crippen LogP contribution in [0.2, 0.25) is 0 Å². The van der Waals surface area contributed by atoms with Crippen molar-refractivity contribution >= 4 is 28.5 Å². The fourth-order valence-electron chi connectivity index (χ4n) is 3.25. The summed E-state index contributed by atoms with van der Waals surface area (Å²) in [4.78, 5) is 12.5.